The maximum Gasteiger partial charge on any atom is 0.303 e. The van der Waals surface area contributed by atoms with Crippen molar-refractivity contribution in [2.24, 2.45) is 0 Å². The van der Waals surface area contributed by atoms with Crippen LogP contribution in [-0.4, -0.2) is 30.0 Å². The Morgan fingerprint density at radius 1 is 1.30 bits per heavy atom. The topological polar surface area (TPSA) is 127 Å². The number of hydrogen-bond acceptors (Lipinski definition) is 5. The van der Waals surface area contributed by atoms with E-state index in [1.807, 2.05) is 0 Å². The van der Waals surface area contributed by atoms with E-state index in [1.54, 1.807) is 13.8 Å². The maximum absolute atomic E-state index is 12.5. The third-order valence-corrected chi connectivity index (χ3v) is 5.19. The molecule has 0 radical (unpaired) electrons. The SMILES string of the molecule is Cc1cc(S(=O)(=O)NC(C)(C)CCC(=O)O)c(C)cc1[N+](=O)[O-]. The molecule has 0 aliphatic carbocycles. The van der Waals surface area contributed by atoms with Crippen molar-refractivity contribution in [1.29, 1.82) is 0 Å². The minimum absolute atomic E-state index is 0.0519. The summed E-state index contributed by atoms with van der Waals surface area (Å²) in [5.74, 6) is -1.01. The zero-order valence-corrected chi connectivity index (χ0v) is 14.2. The van der Waals surface area contributed by atoms with E-state index < -0.39 is 26.5 Å². The van der Waals surface area contributed by atoms with Gasteiger partial charge in [-0.25, -0.2) is 13.1 Å². The summed E-state index contributed by atoms with van der Waals surface area (Å²) in [5.41, 5.74) is -0.612. The lowest BCUT2D eigenvalue weighted by molar-refractivity contribution is -0.385. The van der Waals surface area contributed by atoms with Crippen molar-refractivity contribution >= 4 is 21.7 Å². The number of hydrogen-bond donors (Lipinski definition) is 2. The van der Waals surface area contributed by atoms with Crippen LogP contribution in [0.25, 0.3) is 0 Å². The number of carboxylic acids is 1. The molecule has 0 unspecified atom stereocenters. The van der Waals surface area contributed by atoms with Crippen molar-refractivity contribution in [3.8, 4) is 0 Å². The van der Waals surface area contributed by atoms with Gasteiger partial charge in [0, 0.05) is 23.6 Å². The Morgan fingerprint density at radius 3 is 2.35 bits per heavy atom. The number of sulfonamides is 1. The minimum atomic E-state index is -3.93. The Balaban J connectivity index is 3.16. The van der Waals surface area contributed by atoms with Gasteiger partial charge in [-0.1, -0.05) is 0 Å². The number of nitro groups is 1. The predicted octanol–water partition coefficient (Wildman–Crippen LogP) is 2.13. The van der Waals surface area contributed by atoms with Crippen molar-refractivity contribution in [1.82, 2.24) is 4.72 Å². The van der Waals surface area contributed by atoms with E-state index in [1.165, 1.54) is 26.0 Å². The molecule has 0 bridgehead atoms. The number of benzene rings is 1. The van der Waals surface area contributed by atoms with Gasteiger partial charge in [-0.05, 0) is 45.7 Å². The molecular formula is C14H20N2O6S. The highest BCUT2D eigenvalue weighted by atomic mass is 32.2. The molecule has 2 N–H and O–H groups in total. The van der Waals surface area contributed by atoms with Crippen LogP contribution in [0.2, 0.25) is 0 Å². The molecule has 1 aromatic carbocycles. The van der Waals surface area contributed by atoms with E-state index in [4.69, 9.17) is 5.11 Å². The lowest BCUT2D eigenvalue weighted by Gasteiger charge is -2.25. The third-order valence-electron chi connectivity index (χ3n) is 3.35. The highest BCUT2D eigenvalue weighted by molar-refractivity contribution is 7.89. The van der Waals surface area contributed by atoms with Gasteiger partial charge >= 0.3 is 5.97 Å². The average molecular weight is 344 g/mol. The third kappa shape index (κ3) is 5.00. The first kappa shape index (κ1) is 19.0. The largest absolute Gasteiger partial charge is 0.481 e. The fraction of sp³-hybridized carbons (Fsp3) is 0.500. The number of carboxylic acid groups (broad SMARTS) is 1. The predicted molar refractivity (Wildman–Crippen MR) is 83.8 cm³/mol. The van der Waals surface area contributed by atoms with Crippen molar-refractivity contribution in [2.75, 3.05) is 0 Å². The van der Waals surface area contributed by atoms with E-state index >= 15 is 0 Å². The molecule has 8 nitrogen and oxygen atoms in total. The molecule has 23 heavy (non-hydrogen) atoms. The van der Waals surface area contributed by atoms with Crippen LogP contribution in [0, 0.1) is 24.0 Å². The fourth-order valence-corrected chi connectivity index (χ4v) is 3.90. The number of aryl methyl sites for hydroxylation is 2. The minimum Gasteiger partial charge on any atom is -0.481 e. The van der Waals surface area contributed by atoms with E-state index in [9.17, 15) is 23.3 Å². The van der Waals surface area contributed by atoms with Crippen LogP contribution >= 0.6 is 0 Å². The Bertz CT molecular complexity index is 740. The summed E-state index contributed by atoms with van der Waals surface area (Å²) in [6, 6.07) is 2.47. The van der Waals surface area contributed by atoms with Crippen LogP contribution < -0.4 is 4.72 Å². The zero-order valence-electron chi connectivity index (χ0n) is 13.4. The van der Waals surface area contributed by atoms with E-state index in [-0.39, 0.29) is 34.6 Å². The lowest BCUT2D eigenvalue weighted by atomic mass is 10.0. The van der Waals surface area contributed by atoms with Gasteiger partial charge in [0.1, 0.15) is 0 Å². The lowest BCUT2D eigenvalue weighted by Crippen LogP contribution is -2.43. The number of nitrogens with zero attached hydrogens (tertiary/aromatic N) is 1. The normalized spacial score (nSPS) is 12.2. The Hall–Kier alpha value is -2.00. The molecule has 0 saturated carbocycles. The van der Waals surface area contributed by atoms with Gasteiger partial charge in [-0.2, -0.15) is 0 Å². The molecule has 0 aromatic heterocycles. The number of nitrogens with one attached hydrogen (secondary N) is 1. The highest BCUT2D eigenvalue weighted by Crippen LogP contribution is 2.27. The average Bonchev–Trinajstić information content (AvgIpc) is 2.37. The molecular weight excluding hydrogens is 324 g/mol. The van der Waals surface area contributed by atoms with Crippen LogP contribution in [0.1, 0.15) is 37.8 Å². The van der Waals surface area contributed by atoms with Crippen molar-refractivity contribution in [3.63, 3.8) is 0 Å². The summed E-state index contributed by atoms with van der Waals surface area (Å²) >= 11 is 0. The number of nitro benzene ring substituents is 1. The summed E-state index contributed by atoms with van der Waals surface area (Å²) in [6.45, 7) is 6.11. The molecule has 0 spiro atoms. The van der Waals surface area contributed by atoms with Gasteiger partial charge in [0.15, 0.2) is 0 Å². The summed E-state index contributed by atoms with van der Waals surface area (Å²) in [6.07, 6.45) is -0.0552. The Morgan fingerprint density at radius 2 is 1.87 bits per heavy atom. The molecule has 0 heterocycles. The molecule has 1 rings (SSSR count). The van der Waals surface area contributed by atoms with Gasteiger partial charge in [-0.15, -0.1) is 0 Å². The van der Waals surface area contributed by atoms with Gasteiger partial charge in [-0.3, -0.25) is 14.9 Å². The molecule has 0 fully saturated rings. The molecule has 0 saturated heterocycles. The summed E-state index contributed by atoms with van der Waals surface area (Å²) in [7, 11) is -3.93. The number of carbonyl (C=O) groups is 1. The Labute approximate surface area is 134 Å². The van der Waals surface area contributed by atoms with E-state index in [2.05, 4.69) is 4.72 Å². The highest BCUT2D eigenvalue weighted by Gasteiger charge is 2.29. The molecule has 0 aliphatic rings. The quantitative estimate of drug-likeness (QED) is 0.576. The van der Waals surface area contributed by atoms with Gasteiger partial charge < -0.3 is 5.11 Å². The maximum atomic E-state index is 12.5. The van der Waals surface area contributed by atoms with E-state index in [0.29, 0.717) is 0 Å². The van der Waals surface area contributed by atoms with Crippen LogP contribution in [-0.2, 0) is 14.8 Å². The zero-order chi connectivity index (χ0) is 18.0. The summed E-state index contributed by atoms with van der Waals surface area (Å²) < 4.78 is 27.5. The first-order valence-electron chi connectivity index (χ1n) is 6.87. The molecule has 0 atom stereocenters. The number of aliphatic carboxylic acids is 1. The first-order valence-corrected chi connectivity index (χ1v) is 8.35. The fourth-order valence-electron chi connectivity index (χ4n) is 2.15. The molecule has 1 aromatic rings. The molecule has 0 amide bonds. The van der Waals surface area contributed by atoms with Crippen molar-refractivity contribution < 1.29 is 23.2 Å². The van der Waals surface area contributed by atoms with Crippen LogP contribution in [0.3, 0.4) is 0 Å². The second-order valence-corrected chi connectivity index (χ2v) is 7.70. The van der Waals surface area contributed by atoms with Crippen LogP contribution in [0.5, 0.6) is 0 Å². The summed E-state index contributed by atoms with van der Waals surface area (Å²) in [4.78, 5) is 20.9. The smallest absolute Gasteiger partial charge is 0.303 e. The van der Waals surface area contributed by atoms with Crippen molar-refractivity contribution in [3.05, 3.63) is 33.4 Å². The first-order chi connectivity index (χ1) is 10.4. The Kier molecular flexibility index (Phi) is 5.49. The second kappa shape index (κ2) is 6.63. The van der Waals surface area contributed by atoms with Crippen LogP contribution in [0.4, 0.5) is 5.69 Å². The standard InChI is InChI=1S/C14H20N2O6S/c1-9-8-12(10(2)7-11(9)16(19)20)23(21,22)15-14(3,4)6-5-13(17)18/h7-8,15H,5-6H2,1-4H3,(H,17,18). The second-order valence-electron chi connectivity index (χ2n) is 6.04. The summed E-state index contributed by atoms with van der Waals surface area (Å²) in [5, 5.41) is 19.6. The van der Waals surface area contributed by atoms with Crippen molar-refractivity contribution in [2.45, 2.75) is 51.0 Å². The van der Waals surface area contributed by atoms with E-state index in [0.717, 1.165) is 0 Å². The number of rotatable bonds is 7. The van der Waals surface area contributed by atoms with Gasteiger partial charge in [0.25, 0.3) is 5.69 Å². The van der Waals surface area contributed by atoms with Gasteiger partial charge in [0.05, 0.1) is 9.82 Å². The molecule has 128 valence electrons. The van der Waals surface area contributed by atoms with Gasteiger partial charge in [0.2, 0.25) is 10.0 Å². The molecule has 9 heteroatoms. The monoisotopic (exact) mass is 344 g/mol. The molecule has 0 aliphatic heterocycles. The van der Waals surface area contributed by atoms with Crippen LogP contribution in [0.15, 0.2) is 17.0 Å².